The lowest BCUT2D eigenvalue weighted by Crippen LogP contribution is -2.09. The highest BCUT2D eigenvalue weighted by Crippen LogP contribution is 2.12. The Morgan fingerprint density at radius 2 is 1.95 bits per heavy atom. The molecule has 0 radical (unpaired) electrons. The Hall–Kier alpha value is -2.37. The third-order valence-corrected chi connectivity index (χ3v) is 2.55. The zero-order valence-electron chi connectivity index (χ0n) is 10.1. The van der Waals surface area contributed by atoms with Gasteiger partial charge in [0.2, 0.25) is 0 Å². The van der Waals surface area contributed by atoms with Crippen LogP contribution in [0, 0.1) is 11.6 Å². The smallest absolute Gasteiger partial charge is 0.190 e. The molecule has 0 aliphatic heterocycles. The molecule has 1 aromatic heterocycles. The van der Waals surface area contributed by atoms with Gasteiger partial charge >= 0.3 is 0 Å². The average Bonchev–Trinajstić information content (AvgIpc) is 2.79. The van der Waals surface area contributed by atoms with E-state index in [0.29, 0.717) is 0 Å². The van der Waals surface area contributed by atoms with E-state index in [-0.39, 0.29) is 11.3 Å². The van der Waals surface area contributed by atoms with Crippen LogP contribution >= 0.6 is 0 Å². The quantitative estimate of drug-likeness (QED) is 0.628. The van der Waals surface area contributed by atoms with Crippen LogP contribution in [-0.2, 0) is 7.05 Å². The molecule has 0 unspecified atom stereocenters. The van der Waals surface area contributed by atoms with Crippen LogP contribution in [0.3, 0.4) is 0 Å². The highest BCUT2D eigenvalue weighted by atomic mass is 19.2. The van der Waals surface area contributed by atoms with Crippen LogP contribution in [0.2, 0.25) is 0 Å². The molecule has 0 amide bonds. The summed E-state index contributed by atoms with van der Waals surface area (Å²) < 4.78 is 27.3. The van der Waals surface area contributed by atoms with E-state index in [0.717, 1.165) is 18.2 Å². The van der Waals surface area contributed by atoms with E-state index in [1.165, 1.54) is 12.5 Å². The number of rotatable bonds is 4. The lowest BCUT2D eigenvalue weighted by atomic mass is 10.0. The van der Waals surface area contributed by atoms with E-state index in [1.807, 2.05) is 0 Å². The fraction of sp³-hybridized carbons (Fsp3) is 0.154. The molecule has 0 fully saturated rings. The number of carbonyl (C=O) groups is 2. The van der Waals surface area contributed by atoms with Crippen molar-refractivity contribution < 1.29 is 18.4 Å². The van der Waals surface area contributed by atoms with E-state index in [2.05, 4.69) is 4.98 Å². The molecule has 19 heavy (non-hydrogen) atoms. The van der Waals surface area contributed by atoms with Gasteiger partial charge in [0.15, 0.2) is 23.2 Å². The Morgan fingerprint density at radius 1 is 1.21 bits per heavy atom. The Balaban J connectivity index is 2.12. The van der Waals surface area contributed by atoms with Crippen molar-refractivity contribution in [2.45, 2.75) is 6.42 Å². The number of imidazole rings is 1. The summed E-state index contributed by atoms with van der Waals surface area (Å²) >= 11 is 0. The van der Waals surface area contributed by atoms with Crippen molar-refractivity contribution in [1.29, 1.82) is 0 Å². The fourth-order valence-electron chi connectivity index (χ4n) is 1.56. The highest BCUT2D eigenvalue weighted by molar-refractivity contribution is 6.12. The summed E-state index contributed by atoms with van der Waals surface area (Å²) in [5, 5.41) is 0. The number of hydrogen-bond donors (Lipinski definition) is 0. The van der Waals surface area contributed by atoms with E-state index in [4.69, 9.17) is 0 Å². The largest absolute Gasteiger partial charge is 0.340 e. The number of carbonyl (C=O) groups excluding carboxylic acids is 2. The molecule has 0 saturated heterocycles. The van der Waals surface area contributed by atoms with Crippen molar-refractivity contribution in [3.05, 3.63) is 53.6 Å². The Kier molecular flexibility index (Phi) is 3.50. The third-order valence-electron chi connectivity index (χ3n) is 2.55. The van der Waals surface area contributed by atoms with Crippen LogP contribution in [0.4, 0.5) is 8.78 Å². The number of aromatic nitrogens is 2. The van der Waals surface area contributed by atoms with E-state index >= 15 is 0 Å². The first-order valence-corrected chi connectivity index (χ1v) is 5.47. The van der Waals surface area contributed by atoms with Crippen LogP contribution in [0.15, 0.2) is 30.7 Å². The second-order valence-electron chi connectivity index (χ2n) is 4.08. The number of ketones is 2. The van der Waals surface area contributed by atoms with E-state index in [9.17, 15) is 18.4 Å². The zero-order chi connectivity index (χ0) is 14.0. The Morgan fingerprint density at radius 3 is 2.53 bits per heavy atom. The number of benzene rings is 1. The van der Waals surface area contributed by atoms with Crippen LogP contribution in [0.1, 0.15) is 27.3 Å². The van der Waals surface area contributed by atoms with Crippen molar-refractivity contribution in [1.82, 2.24) is 9.55 Å². The summed E-state index contributed by atoms with van der Waals surface area (Å²) in [6, 6.07) is 2.78. The number of halogens is 2. The normalized spacial score (nSPS) is 10.5. The molecule has 6 heteroatoms. The maximum atomic E-state index is 13.0. The molecule has 0 aliphatic rings. The molecule has 1 heterocycles. The molecule has 0 saturated carbocycles. The van der Waals surface area contributed by atoms with Gasteiger partial charge < -0.3 is 4.57 Å². The molecule has 2 aromatic rings. The van der Waals surface area contributed by atoms with Gasteiger partial charge in [0.25, 0.3) is 0 Å². The lowest BCUT2D eigenvalue weighted by Gasteiger charge is -2.00. The minimum absolute atomic E-state index is 0.0387. The van der Waals surface area contributed by atoms with Crippen molar-refractivity contribution >= 4 is 11.6 Å². The molecule has 0 bridgehead atoms. The first kappa shape index (κ1) is 13.1. The van der Waals surface area contributed by atoms with Crippen LogP contribution in [-0.4, -0.2) is 21.1 Å². The predicted octanol–water partition coefficient (Wildman–Crippen LogP) is 2.15. The SMILES string of the molecule is Cn1cnc(C(=O)CC(=O)c2ccc(F)c(F)c2)c1. The summed E-state index contributed by atoms with van der Waals surface area (Å²) in [5.41, 5.74) is 0.126. The van der Waals surface area contributed by atoms with Crippen LogP contribution < -0.4 is 0 Å². The monoisotopic (exact) mass is 264 g/mol. The first-order valence-electron chi connectivity index (χ1n) is 5.47. The zero-order valence-corrected chi connectivity index (χ0v) is 10.1. The molecule has 1 aromatic carbocycles. The number of Topliss-reactive ketones (excluding diaryl/α,β-unsaturated/α-hetero) is 2. The first-order chi connectivity index (χ1) is 8.97. The summed E-state index contributed by atoms with van der Waals surface area (Å²) in [5.74, 6) is -3.19. The van der Waals surface area contributed by atoms with Crippen molar-refractivity contribution in [3.8, 4) is 0 Å². The second-order valence-corrected chi connectivity index (χ2v) is 4.08. The van der Waals surface area contributed by atoms with Gasteiger partial charge in [0.1, 0.15) is 5.69 Å². The molecule has 0 spiro atoms. The van der Waals surface area contributed by atoms with Crippen molar-refractivity contribution in [3.63, 3.8) is 0 Å². The number of aryl methyl sites for hydroxylation is 1. The summed E-state index contributed by atoms with van der Waals surface area (Å²) in [6.45, 7) is 0. The average molecular weight is 264 g/mol. The van der Waals surface area contributed by atoms with E-state index < -0.39 is 29.6 Å². The summed E-state index contributed by atoms with van der Waals surface area (Å²) in [7, 11) is 1.70. The van der Waals surface area contributed by atoms with Crippen molar-refractivity contribution in [2.75, 3.05) is 0 Å². The second kappa shape index (κ2) is 5.09. The van der Waals surface area contributed by atoms with Gasteiger partial charge in [-0.2, -0.15) is 0 Å². The molecule has 0 atom stereocenters. The fourth-order valence-corrected chi connectivity index (χ4v) is 1.56. The third kappa shape index (κ3) is 2.90. The van der Waals surface area contributed by atoms with E-state index in [1.54, 1.807) is 11.6 Å². The predicted molar refractivity (Wildman–Crippen MR) is 62.8 cm³/mol. The Bertz CT molecular complexity index is 650. The number of hydrogen-bond acceptors (Lipinski definition) is 3. The minimum Gasteiger partial charge on any atom is -0.340 e. The van der Waals surface area contributed by atoms with Gasteiger partial charge in [-0.25, -0.2) is 13.8 Å². The number of nitrogens with zero attached hydrogens (tertiary/aromatic N) is 2. The van der Waals surface area contributed by atoms with Crippen molar-refractivity contribution in [2.24, 2.45) is 7.05 Å². The molecule has 4 nitrogen and oxygen atoms in total. The highest BCUT2D eigenvalue weighted by Gasteiger charge is 2.16. The standard InChI is InChI=1S/C13H10F2N2O2/c1-17-6-11(16-7-17)13(19)5-12(18)8-2-3-9(14)10(15)4-8/h2-4,6-7H,5H2,1H3. The van der Waals surface area contributed by atoms with Gasteiger partial charge in [-0.15, -0.1) is 0 Å². The van der Waals surface area contributed by atoms with Gasteiger partial charge in [-0.3, -0.25) is 9.59 Å². The Labute approximate surface area is 107 Å². The van der Waals surface area contributed by atoms with Gasteiger partial charge in [-0.1, -0.05) is 0 Å². The molecule has 0 N–H and O–H groups in total. The van der Waals surface area contributed by atoms with Gasteiger partial charge in [0, 0.05) is 18.8 Å². The molecule has 0 aliphatic carbocycles. The summed E-state index contributed by atoms with van der Waals surface area (Å²) in [4.78, 5) is 27.3. The lowest BCUT2D eigenvalue weighted by molar-refractivity contribution is 0.0891. The molecule has 2 rings (SSSR count). The molecular weight excluding hydrogens is 254 g/mol. The van der Waals surface area contributed by atoms with Gasteiger partial charge in [0.05, 0.1) is 12.7 Å². The van der Waals surface area contributed by atoms with Gasteiger partial charge in [-0.05, 0) is 18.2 Å². The molecule has 98 valence electrons. The van der Waals surface area contributed by atoms with Crippen LogP contribution in [0.5, 0.6) is 0 Å². The molecular formula is C13H10F2N2O2. The summed E-state index contributed by atoms with van der Waals surface area (Å²) in [6.07, 6.45) is 2.50. The maximum absolute atomic E-state index is 13.0. The maximum Gasteiger partial charge on any atom is 0.190 e. The van der Waals surface area contributed by atoms with Crippen LogP contribution in [0.25, 0.3) is 0 Å². The topological polar surface area (TPSA) is 52.0 Å². The minimum atomic E-state index is -1.11.